The number of aromatic nitrogens is 4. The largest absolute Gasteiger partial charge is 0.495 e. The van der Waals surface area contributed by atoms with Crippen LogP contribution in [0.4, 0.5) is 5.69 Å². The van der Waals surface area contributed by atoms with Gasteiger partial charge >= 0.3 is 0 Å². The molecule has 0 spiro atoms. The molecule has 1 N–H and O–H groups in total. The van der Waals surface area contributed by atoms with Crippen LogP contribution in [-0.4, -0.2) is 45.2 Å². The molecule has 1 fully saturated rings. The first-order valence-electron chi connectivity index (χ1n) is 13.6. The summed E-state index contributed by atoms with van der Waals surface area (Å²) >= 11 is 0. The summed E-state index contributed by atoms with van der Waals surface area (Å²) in [6, 6.07) is 17.3. The predicted molar refractivity (Wildman–Crippen MR) is 150 cm³/mol. The lowest BCUT2D eigenvalue weighted by atomic mass is 9.95. The highest BCUT2D eigenvalue weighted by Crippen LogP contribution is 2.36. The number of nitrogens with one attached hydrogen (secondary N) is 1. The highest BCUT2D eigenvalue weighted by Gasteiger charge is 2.37. The molecular formula is C30H34N6O4. The van der Waals surface area contributed by atoms with Crippen molar-refractivity contribution in [1.29, 1.82) is 0 Å². The zero-order valence-corrected chi connectivity index (χ0v) is 23.0. The first-order chi connectivity index (χ1) is 19.4. The predicted octanol–water partition coefficient (Wildman–Crippen LogP) is 4.78. The first kappa shape index (κ1) is 27.1. The van der Waals surface area contributed by atoms with Crippen LogP contribution in [0.3, 0.4) is 0 Å². The van der Waals surface area contributed by atoms with Crippen molar-refractivity contribution in [3.05, 3.63) is 77.7 Å². The summed E-state index contributed by atoms with van der Waals surface area (Å²) in [6.07, 6.45) is 5.10. The molecule has 5 rings (SSSR count). The molecule has 1 aliphatic rings. The molecule has 1 atom stereocenters. The molecule has 0 aliphatic heterocycles. The van der Waals surface area contributed by atoms with Crippen LogP contribution in [0, 0.1) is 13.8 Å². The third-order valence-corrected chi connectivity index (χ3v) is 7.14. The Balaban J connectivity index is 1.51. The third kappa shape index (κ3) is 6.06. The smallest absolute Gasteiger partial charge is 0.251 e. The average molecular weight is 543 g/mol. The Morgan fingerprint density at radius 2 is 1.80 bits per heavy atom. The van der Waals surface area contributed by atoms with E-state index < -0.39 is 11.9 Å². The number of anilines is 1. The maximum Gasteiger partial charge on any atom is 0.251 e. The van der Waals surface area contributed by atoms with Gasteiger partial charge in [-0.25, -0.2) is 0 Å². The number of tetrazole rings is 1. The molecule has 208 valence electrons. The zero-order chi connectivity index (χ0) is 28.1. The van der Waals surface area contributed by atoms with E-state index in [9.17, 15) is 9.59 Å². The molecule has 0 radical (unpaired) electrons. The van der Waals surface area contributed by atoms with Crippen LogP contribution < -0.4 is 15.0 Å². The molecule has 0 saturated heterocycles. The number of ether oxygens (including phenoxy) is 1. The zero-order valence-electron chi connectivity index (χ0n) is 23.0. The molecule has 10 nitrogen and oxygen atoms in total. The number of rotatable bonds is 9. The average Bonchev–Trinajstić information content (AvgIpc) is 3.61. The molecule has 2 aromatic heterocycles. The Hall–Kier alpha value is -4.47. The van der Waals surface area contributed by atoms with Crippen molar-refractivity contribution >= 4 is 17.5 Å². The van der Waals surface area contributed by atoms with E-state index in [2.05, 4.69) is 20.7 Å². The Bertz CT molecular complexity index is 1450. The fraction of sp³-hybridized carbons (Fsp3) is 0.367. The van der Waals surface area contributed by atoms with Gasteiger partial charge in [0.2, 0.25) is 5.82 Å². The van der Waals surface area contributed by atoms with Crippen LogP contribution in [0.1, 0.15) is 55.2 Å². The van der Waals surface area contributed by atoms with Crippen molar-refractivity contribution < 1.29 is 18.7 Å². The van der Waals surface area contributed by atoms with Crippen molar-refractivity contribution in [3.8, 4) is 17.1 Å². The fourth-order valence-electron chi connectivity index (χ4n) is 5.07. The topological polar surface area (TPSA) is 115 Å². The minimum Gasteiger partial charge on any atom is -0.495 e. The minimum atomic E-state index is -1.07. The SMILES string of the molecule is COc1ccccc1N(C(=O)Cn1nnc(-c2ccc(C)cc2)n1)[C@@H](C(=O)NC1CCCCC1)c1ccc(C)o1. The van der Waals surface area contributed by atoms with Crippen LogP contribution in [0.15, 0.2) is 65.1 Å². The fourth-order valence-corrected chi connectivity index (χ4v) is 5.07. The number of furan rings is 1. The standard InChI is InChI=1S/C30H34N6O4/c1-20-13-16-22(17-14-20)29-32-34-35(33-29)19-27(37)36(24-11-7-8-12-25(24)39-3)28(26-18-15-21(2)40-26)30(38)31-23-9-5-4-6-10-23/h7-8,11-18,23,28H,4-6,9-10,19H2,1-3H3,(H,31,38)/t28-/m1/s1. The number of amides is 2. The summed E-state index contributed by atoms with van der Waals surface area (Å²) < 4.78 is 11.6. The number of hydrogen-bond acceptors (Lipinski definition) is 7. The van der Waals surface area contributed by atoms with Crippen molar-refractivity contribution in [2.75, 3.05) is 12.0 Å². The molecule has 4 aromatic rings. The summed E-state index contributed by atoms with van der Waals surface area (Å²) in [7, 11) is 1.53. The van der Waals surface area contributed by atoms with Crippen molar-refractivity contribution in [2.24, 2.45) is 0 Å². The van der Waals surface area contributed by atoms with Gasteiger partial charge in [-0.15, -0.1) is 10.2 Å². The molecule has 40 heavy (non-hydrogen) atoms. The third-order valence-electron chi connectivity index (χ3n) is 7.14. The Morgan fingerprint density at radius 1 is 1.05 bits per heavy atom. The summed E-state index contributed by atoms with van der Waals surface area (Å²) in [5.74, 6) is 1.12. The molecular weight excluding hydrogens is 508 g/mol. The number of carbonyl (C=O) groups excluding carboxylic acids is 2. The van der Waals surface area contributed by atoms with Gasteiger partial charge in [0.25, 0.3) is 11.8 Å². The summed E-state index contributed by atoms with van der Waals surface area (Å²) in [6.45, 7) is 3.56. The van der Waals surface area contributed by atoms with Gasteiger partial charge in [0.1, 0.15) is 23.8 Å². The number of benzene rings is 2. The van der Waals surface area contributed by atoms with Gasteiger partial charge in [-0.2, -0.15) is 4.80 Å². The first-order valence-corrected chi connectivity index (χ1v) is 13.6. The molecule has 1 saturated carbocycles. The Labute approximate surface area is 233 Å². The lowest BCUT2D eigenvalue weighted by Gasteiger charge is -2.32. The summed E-state index contributed by atoms with van der Waals surface area (Å²) in [5, 5.41) is 15.9. The van der Waals surface area contributed by atoms with Gasteiger partial charge in [-0.1, -0.05) is 61.2 Å². The monoisotopic (exact) mass is 542 g/mol. The van der Waals surface area contributed by atoms with E-state index in [1.54, 1.807) is 37.3 Å². The van der Waals surface area contributed by atoms with Crippen molar-refractivity contribution in [1.82, 2.24) is 25.5 Å². The molecule has 2 heterocycles. The number of aryl methyl sites for hydroxylation is 2. The minimum absolute atomic E-state index is 0.0449. The highest BCUT2D eigenvalue weighted by atomic mass is 16.5. The van der Waals surface area contributed by atoms with Crippen LogP contribution in [0.2, 0.25) is 0 Å². The lowest BCUT2D eigenvalue weighted by molar-refractivity contribution is -0.128. The molecule has 2 aromatic carbocycles. The molecule has 10 heteroatoms. The van der Waals surface area contributed by atoms with E-state index in [-0.39, 0.29) is 18.5 Å². The van der Waals surface area contributed by atoms with E-state index in [4.69, 9.17) is 9.15 Å². The number of carbonyl (C=O) groups is 2. The maximum absolute atomic E-state index is 14.1. The highest BCUT2D eigenvalue weighted by molar-refractivity contribution is 6.02. The van der Waals surface area contributed by atoms with E-state index in [0.717, 1.165) is 43.2 Å². The van der Waals surface area contributed by atoms with Crippen molar-refractivity contribution in [2.45, 2.75) is 64.6 Å². The van der Waals surface area contributed by atoms with E-state index in [1.807, 2.05) is 37.3 Å². The number of hydrogen-bond donors (Lipinski definition) is 1. The van der Waals surface area contributed by atoms with Gasteiger partial charge in [0, 0.05) is 11.6 Å². The normalized spacial score (nSPS) is 14.5. The van der Waals surface area contributed by atoms with Crippen LogP contribution >= 0.6 is 0 Å². The quantitative estimate of drug-likeness (QED) is 0.324. The van der Waals surface area contributed by atoms with Gasteiger partial charge < -0.3 is 14.5 Å². The van der Waals surface area contributed by atoms with Gasteiger partial charge in [-0.3, -0.25) is 14.5 Å². The van der Waals surface area contributed by atoms with Crippen LogP contribution in [0.25, 0.3) is 11.4 Å². The van der Waals surface area contributed by atoms with Crippen molar-refractivity contribution in [3.63, 3.8) is 0 Å². The van der Waals surface area contributed by atoms with Gasteiger partial charge in [0.05, 0.1) is 12.8 Å². The maximum atomic E-state index is 14.1. The van der Waals surface area contributed by atoms with Crippen LogP contribution in [-0.2, 0) is 16.1 Å². The van der Waals surface area contributed by atoms with Gasteiger partial charge in [0.15, 0.2) is 6.04 Å². The second-order valence-electron chi connectivity index (χ2n) is 10.1. The lowest BCUT2D eigenvalue weighted by Crippen LogP contribution is -2.48. The summed E-state index contributed by atoms with van der Waals surface area (Å²) in [5.41, 5.74) is 2.35. The molecule has 0 bridgehead atoms. The summed E-state index contributed by atoms with van der Waals surface area (Å²) in [4.78, 5) is 30.7. The number of methoxy groups -OCH3 is 1. The molecule has 2 amide bonds. The second kappa shape index (κ2) is 12.1. The Kier molecular flexibility index (Phi) is 8.23. The van der Waals surface area contributed by atoms with Crippen LogP contribution in [0.5, 0.6) is 5.75 Å². The van der Waals surface area contributed by atoms with E-state index in [0.29, 0.717) is 28.8 Å². The van der Waals surface area contributed by atoms with E-state index >= 15 is 0 Å². The Morgan fingerprint density at radius 3 is 2.50 bits per heavy atom. The molecule has 1 aliphatic carbocycles. The van der Waals surface area contributed by atoms with E-state index in [1.165, 1.54) is 16.8 Å². The number of para-hydroxylation sites is 2. The molecule has 0 unspecified atom stereocenters. The number of nitrogens with zero attached hydrogens (tertiary/aromatic N) is 5. The second-order valence-corrected chi connectivity index (χ2v) is 10.1. The van der Waals surface area contributed by atoms with Gasteiger partial charge in [-0.05, 0) is 56.2 Å².